The van der Waals surface area contributed by atoms with Crippen molar-refractivity contribution in [1.82, 2.24) is 4.31 Å². The summed E-state index contributed by atoms with van der Waals surface area (Å²) in [7, 11) is -3.75. The Balaban J connectivity index is 3.16. The molecule has 0 amide bonds. The quantitative estimate of drug-likeness (QED) is 0.696. The number of hydrogen-bond donors (Lipinski definition) is 2. The molecule has 0 saturated carbocycles. The van der Waals surface area contributed by atoms with Crippen LogP contribution in [-0.2, 0) is 16.6 Å². The van der Waals surface area contributed by atoms with E-state index in [1.54, 1.807) is 0 Å². The predicted molar refractivity (Wildman–Crippen MR) is 65.4 cm³/mol. The van der Waals surface area contributed by atoms with Gasteiger partial charge in [-0.1, -0.05) is 6.08 Å². The van der Waals surface area contributed by atoms with E-state index in [-0.39, 0.29) is 42.7 Å². The fourth-order valence-electron chi connectivity index (χ4n) is 1.56. The third-order valence-corrected chi connectivity index (χ3v) is 4.35. The minimum Gasteiger partial charge on any atom is -0.462 e. The first-order chi connectivity index (χ1) is 8.47. The van der Waals surface area contributed by atoms with Crippen molar-refractivity contribution >= 4 is 10.0 Å². The minimum atomic E-state index is -3.75. The molecule has 102 valence electrons. The molecule has 0 aliphatic carbocycles. The van der Waals surface area contributed by atoms with E-state index >= 15 is 0 Å². The maximum absolute atomic E-state index is 12.3. The number of aliphatic hydroxyl groups excluding tert-OH is 2. The molecule has 0 aliphatic heterocycles. The van der Waals surface area contributed by atoms with Crippen LogP contribution in [0.1, 0.15) is 11.5 Å². The standard InChI is InChI=1S/C11H17NO5S/c1-3-4-12(5-6-13)18(15,16)11-7-10(8-14)17-9(11)2/h3,7,13-14H,1,4-6,8H2,2H3. The molecule has 0 aliphatic rings. The maximum atomic E-state index is 12.3. The Morgan fingerprint density at radius 2 is 2.17 bits per heavy atom. The molecule has 0 atom stereocenters. The second-order valence-electron chi connectivity index (χ2n) is 3.67. The van der Waals surface area contributed by atoms with Crippen molar-refractivity contribution in [3.05, 3.63) is 30.2 Å². The molecule has 1 aromatic heterocycles. The molecule has 18 heavy (non-hydrogen) atoms. The van der Waals surface area contributed by atoms with Crippen LogP contribution in [0, 0.1) is 6.92 Å². The van der Waals surface area contributed by atoms with Gasteiger partial charge in [0.2, 0.25) is 10.0 Å². The van der Waals surface area contributed by atoms with E-state index in [1.165, 1.54) is 19.1 Å². The lowest BCUT2D eigenvalue weighted by molar-refractivity contribution is 0.244. The van der Waals surface area contributed by atoms with Crippen LogP contribution in [-0.4, -0.2) is 42.6 Å². The van der Waals surface area contributed by atoms with Gasteiger partial charge in [0.05, 0.1) is 6.61 Å². The van der Waals surface area contributed by atoms with Gasteiger partial charge in [-0.25, -0.2) is 8.42 Å². The zero-order valence-corrected chi connectivity index (χ0v) is 11.0. The number of sulfonamides is 1. The van der Waals surface area contributed by atoms with Crippen molar-refractivity contribution in [2.45, 2.75) is 18.4 Å². The van der Waals surface area contributed by atoms with E-state index in [0.717, 1.165) is 4.31 Å². The first kappa shape index (κ1) is 14.9. The van der Waals surface area contributed by atoms with E-state index in [4.69, 9.17) is 14.6 Å². The normalized spacial score (nSPS) is 12.0. The van der Waals surface area contributed by atoms with Crippen LogP contribution in [0.15, 0.2) is 28.0 Å². The van der Waals surface area contributed by atoms with Crippen LogP contribution in [0.25, 0.3) is 0 Å². The van der Waals surface area contributed by atoms with E-state index in [0.29, 0.717) is 0 Å². The zero-order chi connectivity index (χ0) is 13.8. The van der Waals surface area contributed by atoms with Gasteiger partial charge in [-0.3, -0.25) is 0 Å². The summed E-state index contributed by atoms with van der Waals surface area (Å²) in [6.45, 7) is 4.43. The number of rotatable bonds is 7. The lowest BCUT2D eigenvalue weighted by Crippen LogP contribution is -2.33. The molecule has 1 aromatic rings. The Labute approximate surface area is 106 Å². The Bertz CT molecular complexity index is 506. The molecule has 0 saturated heterocycles. The third-order valence-electron chi connectivity index (χ3n) is 2.38. The average molecular weight is 275 g/mol. The zero-order valence-electron chi connectivity index (χ0n) is 10.2. The highest BCUT2D eigenvalue weighted by Crippen LogP contribution is 2.23. The highest BCUT2D eigenvalue weighted by Gasteiger charge is 2.27. The van der Waals surface area contributed by atoms with Gasteiger partial charge in [-0.15, -0.1) is 6.58 Å². The van der Waals surface area contributed by atoms with E-state index in [1.807, 2.05) is 0 Å². The smallest absolute Gasteiger partial charge is 0.246 e. The van der Waals surface area contributed by atoms with Crippen molar-refractivity contribution in [2.24, 2.45) is 0 Å². The summed E-state index contributed by atoms with van der Waals surface area (Å²) in [6.07, 6.45) is 1.44. The molecule has 1 heterocycles. The van der Waals surface area contributed by atoms with Gasteiger partial charge in [0.25, 0.3) is 0 Å². The fourth-order valence-corrected chi connectivity index (χ4v) is 3.15. The van der Waals surface area contributed by atoms with Crippen LogP contribution in [0.4, 0.5) is 0 Å². The van der Waals surface area contributed by atoms with Gasteiger partial charge in [0, 0.05) is 19.2 Å². The number of hydrogen-bond acceptors (Lipinski definition) is 5. The topological polar surface area (TPSA) is 91.0 Å². The second kappa shape index (κ2) is 6.14. The summed E-state index contributed by atoms with van der Waals surface area (Å²) in [5.41, 5.74) is 0. The van der Waals surface area contributed by atoms with Crippen LogP contribution in [0.5, 0.6) is 0 Å². The summed E-state index contributed by atoms with van der Waals surface area (Å²) in [5.74, 6) is 0.402. The number of furan rings is 1. The van der Waals surface area contributed by atoms with Crippen LogP contribution in [0.3, 0.4) is 0 Å². The largest absolute Gasteiger partial charge is 0.462 e. The van der Waals surface area contributed by atoms with Gasteiger partial charge in [-0.05, 0) is 6.92 Å². The lowest BCUT2D eigenvalue weighted by Gasteiger charge is -2.18. The SMILES string of the molecule is C=CCN(CCO)S(=O)(=O)c1cc(CO)oc1C. The first-order valence-electron chi connectivity index (χ1n) is 5.39. The fraction of sp³-hybridized carbons (Fsp3) is 0.455. The molecule has 0 aromatic carbocycles. The summed E-state index contributed by atoms with van der Waals surface area (Å²) in [6, 6.07) is 1.29. The van der Waals surface area contributed by atoms with Gasteiger partial charge in [0.1, 0.15) is 23.0 Å². The first-order valence-corrected chi connectivity index (χ1v) is 6.83. The maximum Gasteiger partial charge on any atom is 0.246 e. The summed E-state index contributed by atoms with van der Waals surface area (Å²) in [5, 5.41) is 17.8. The molecule has 6 nitrogen and oxygen atoms in total. The second-order valence-corrected chi connectivity index (χ2v) is 5.57. The lowest BCUT2D eigenvalue weighted by atomic mass is 10.4. The minimum absolute atomic E-state index is 0.00171. The van der Waals surface area contributed by atoms with E-state index in [2.05, 4.69) is 6.58 Å². The highest BCUT2D eigenvalue weighted by atomic mass is 32.2. The monoisotopic (exact) mass is 275 g/mol. The van der Waals surface area contributed by atoms with Gasteiger partial charge in [-0.2, -0.15) is 4.31 Å². The molecule has 0 spiro atoms. The summed E-state index contributed by atoms with van der Waals surface area (Å²) in [4.78, 5) is 0.00171. The Kier molecular flexibility index (Phi) is 5.09. The molecule has 1 rings (SSSR count). The van der Waals surface area contributed by atoms with Crippen LogP contribution < -0.4 is 0 Å². The van der Waals surface area contributed by atoms with Crippen molar-refractivity contribution in [2.75, 3.05) is 19.7 Å². The van der Waals surface area contributed by atoms with Gasteiger partial charge in [0.15, 0.2) is 0 Å². The number of aryl methyl sites for hydroxylation is 1. The molecule has 0 fully saturated rings. The van der Waals surface area contributed by atoms with Crippen LogP contribution >= 0.6 is 0 Å². The molecule has 0 bridgehead atoms. The molecule has 7 heteroatoms. The van der Waals surface area contributed by atoms with Gasteiger partial charge < -0.3 is 14.6 Å². The number of nitrogens with zero attached hydrogens (tertiary/aromatic N) is 1. The van der Waals surface area contributed by atoms with Crippen LogP contribution in [0.2, 0.25) is 0 Å². The Morgan fingerprint density at radius 3 is 2.61 bits per heavy atom. The molecular formula is C11H17NO5S. The van der Waals surface area contributed by atoms with Gasteiger partial charge >= 0.3 is 0 Å². The summed E-state index contributed by atoms with van der Waals surface area (Å²) < 4.78 is 30.8. The van der Waals surface area contributed by atoms with Crippen molar-refractivity contribution in [1.29, 1.82) is 0 Å². The average Bonchev–Trinajstić information content (AvgIpc) is 2.71. The Hall–Kier alpha value is -1.15. The third kappa shape index (κ3) is 2.99. The van der Waals surface area contributed by atoms with Crippen molar-refractivity contribution in [3.8, 4) is 0 Å². The molecule has 0 unspecified atom stereocenters. The Morgan fingerprint density at radius 1 is 1.50 bits per heavy atom. The molecule has 0 radical (unpaired) electrons. The van der Waals surface area contributed by atoms with Crippen molar-refractivity contribution < 1.29 is 23.0 Å². The summed E-state index contributed by atoms with van der Waals surface area (Å²) >= 11 is 0. The molecule has 2 N–H and O–H groups in total. The molecular weight excluding hydrogens is 258 g/mol. The number of aliphatic hydroxyl groups is 2. The van der Waals surface area contributed by atoms with E-state index < -0.39 is 10.0 Å². The van der Waals surface area contributed by atoms with E-state index in [9.17, 15) is 8.42 Å². The van der Waals surface area contributed by atoms with Crippen molar-refractivity contribution in [3.63, 3.8) is 0 Å². The highest BCUT2D eigenvalue weighted by molar-refractivity contribution is 7.89. The predicted octanol–water partition coefficient (Wildman–Crippen LogP) is 0.249.